The van der Waals surface area contributed by atoms with Gasteiger partial charge in [-0.2, -0.15) is 4.98 Å². The summed E-state index contributed by atoms with van der Waals surface area (Å²) < 4.78 is 0. The Balaban J connectivity index is 1.68. The molecule has 4 N–H and O–H groups in total. The SMILES string of the molecule is Cc1ccccc1NC(=O)c1sc2[nH+]c3c(c(-c4cccs4)c2c1N)CCCCC3. The number of hydrogen-bond acceptors (Lipinski definition) is 4. The number of aryl methyl sites for hydroxylation is 2. The van der Waals surface area contributed by atoms with Gasteiger partial charge in [0.25, 0.3) is 10.7 Å². The first kappa shape index (κ1) is 19.3. The van der Waals surface area contributed by atoms with Crippen LogP contribution in [0.25, 0.3) is 20.7 Å². The number of nitrogen functional groups attached to an aromatic ring is 1. The van der Waals surface area contributed by atoms with Gasteiger partial charge in [0, 0.05) is 28.1 Å². The number of para-hydroxylation sites is 1. The van der Waals surface area contributed by atoms with Gasteiger partial charge < -0.3 is 11.1 Å². The van der Waals surface area contributed by atoms with Crippen LogP contribution in [0.2, 0.25) is 0 Å². The number of fused-ring (bicyclic) bond motifs is 2. The molecule has 30 heavy (non-hydrogen) atoms. The predicted molar refractivity (Wildman–Crippen MR) is 126 cm³/mol. The number of hydrogen-bond donors (Lipinski definition) is 2. The molecule has 0 radical (unpaired) electrons. The second-order valence-electron chi connectivity index (χ2n) is 7.81. The van der Waals surface area contributed by atoms with E-state index in [-0.39, 0.29) is 5.91 Å². The lowest BCUT2D eigenvalue weighted by atomic mass is 9.97. The molecule has 1 aromatic carbocycles. The molecule has 3 heterocycles. The van der Waals surface area contributed by atoms with Crippen LogP contribution in [0.5, 0.6) is 0 Å². The maximum absolute atomic E-state index is 13.1. The standard InChI is InChI=1S/C24H23N3OS2/c1-14-8-5-6-10-16(14)26-23(28)22-21(25)20-19(18-12-7-13-29-18)15-9-3-2-4-11-17(15)27-24(20)30-22/h5-8,10,12-13H,2-4,9,11,25H2,1H3,(H,26,28)/p+1. The number of rotatable bonds is 3. The van der Waals surface area contributed by atoms with Crippen molar-refractivity contribution in [2.24, 2.45) is 0 Å². The number of anilines is 2. The number of aromatic nitrogens is 1. The van der Waals surface area contributed by atoms with Crippen molar-refractivity contribution < 1.29 is 9.78 Å². The Morgan fingerprint density at radius 2 is 1.93 bits per heavy atom. The molecular weight excluding hydrogens is 410 g/mol. The van der Waals surface area contributed by atoms with E-state index < -0.39 is 0 Å². The number of nitrogens with one attached hydrogen (secondary N) is 2. The van der Waals surface area contributed by atoms with Crippen LogP contribution >= 0.6 is 22.7 Å². The molecule has 0 bridgehead atoms. The molecule has 3 aromatic heterocycles. The Hall–Kier alpha value is -2.70. The van der Waals surface area contributed by atoms with Crippen LogP contribution in [-0.2, 0) is 12.8 Å². The van der Waals surface area contributed by atoms with E-state index in [2.05, 4.69) is 27.8 Å². The van der Waals surface area contributed by atoms with E-state index in [1.165, 1.54) is 52.3 Å². The second-order valence-corrected chi connectivity index (χ2v) is 9.78. The minimum absolute atomic E-state index is 0.149. The number of nitrogens with two attached hydrogens (primary N) is 1. The van der Waals surface area contributed by atoms with Crippen LogP contribution in [0.4, 0.5) is 11.4 Å². The van der Waals surface area contributed by atoms with Crippen molar-refractivity contribution in [3.8, 4) is 10.4 Å². The largest absolute Gasteiger partial charge is 0.397 e. The fraction of sp³-hybridized carbons (Fsp3) is 0.250. The smallest absolute Gasteiger partial charge is 0.270 e. The summed E-state index contributed by atoms with van der Waals surface area (Å²) in [6.45, 7) is 1.99. The van der Waals surface area contributed by atoms with Crippen molar-refractivity contribution in [2.45, 2.75) is 39.0 Å². The van der Waals surface area contributed by atoms with Crippen molar-refractivity contribution in [2.75, 3.05) is 11.1 Å². The van der Waals surface area contributed by atoms with E-state index >= 15 is 0 Å². The molecule has 0 fully saturated rings. The first-order valence-electron chi connectivity index (χ1n) is 10.3. The van der Waals surface area contributed by atoms with Gasteiger partial charge in [0.2, 0.25) is 0 Å². The molecule has 152 valence electrons. The monoisotopic (exact) mass is 434 g/mol. The van der Waals surface area contributed by atoms with Crippen molar-refractivity contribution in [3.05, 3.63) is 63.5 Å². The molecule has 6 heteroatoms. The summed E-state index contributed by atoms with van der Waals surface area (Å²) in [6, 6.07) is 12.0. The third-order valence-electron chi connectivity index (χ3n) is 5.85. The molecular formula is C24H24N3OS2+. The van der Waals surface area contributed by atoms with Crippen LogP contribution < -0.4 is 16.0 Å². The van der Waals surface area contributed by atoms with Gasteiger partial charge in [-0.25, -0.2) is 0 Å². The summed E-state index contributed by atoms with van der Waals surface area (Å²) >= 11 is 3.20. The molecule has 1 amide bonds. The van der Waals surface area contributed by atoms with Gasteiger partial charge in [0.05, 0.1) is 11.1 Å². The Labute approximate surface area is 183 Å². The molecule has 0 saturated heterocycles. The molecule has 0 unspecified atom stereocenters. The molecule has 0 atom stereocenters. The van der Waals surface area contributed by atoms with E-state index in [9.17, 15) is 4.79 Å². The lowest BCUT2D eigenvalue weighted by Gasteiger charge is -2.09. The number of thiophene rings is 2. The highest BCUT2D eigenvalue weighted by atomic mass is 32.1. The Kier molecular flexibility index (Phi) is 5.05. The average molecular weight is 435 g/mol. The summed E-state index contributed by atoms with van der Waals surface area (Å²) in [5.74, 6) is -0.149. The van der Waals surface area contributed by atoms with Gasteiger partial charge in [-0.05, 0) is 49.3 Å². The zero-order chi connectivity index (χ0) is 20.7. The number of H-pyrrole nitrogens is 1. The lowest BCUT2D eigenvalue weighted by Crippen LogP contribution is -2.15. The quantitative estimate of drug-likeness (QED) is 0.397. The average Bonchev–Trinajstić information content (AvgIpc) is 3.31. The Morgan fingerprint density at radius 1 is 1.10 bits per heavy atom. The van der Waals surface area contributed by atoms with Crippen LogP contribution in [0.3, 0.4) is 0 Å². The van der Waals surface area contributed by atoms with Gasteiger partial charge >= 0.3 is 0 Å². The van der Waals surface area contributed by atoms with Gasteiger partial charge in [-0.3, -0.25) is 4.79 Å². The number of carbonyl (C=O) groups is 1. The molecule has 0 aliphatic heterocycles. The molecule has 4 nitrogen and oxygen atoms in total. The minimum atomic E-state index is -0.149. The van der Waals surface area contributed by atoms with Crippen molar-refractivity contribution in [3.63, 3.8) is 0 Å². The van der Waals surface area contributed by atoms with Gasteiger partial charge in [0.15, 0.2) is 5.69 Å². The summed E-state index contributed by atoms with van der Waals surface area (Å²) in [5, 5.41) is 6.15. The minimum Gasteiger partial charge on any atom is -0.397 e. The van der Waals surface area contributed by atoms with E-state index in [1.807, 2.05) is 31.2 Å². The van der Waals surface area contributed by atoms with Crippen LogP contribution in [0.15, 0.2) is 41.8 Å². The van der Waals surface area contributed by atoms with Crippen molar-refractivity contribution >= 4 is 50.2 Å². The topological polar surface area (TPSA) is 69.3 Å². The molecule has 4 aromatic rings. The highest BCUT2D eigenvalue weighted by molar-refractivity contribution is 7.21. The zero-order valence-electron chi connectivity index (χ0n) is 16.9. The predicted octanol–water partition coefficient (Wildman–Crippen LogP) is 5.86. The van der Waals surface area contributed by atoms with Gasteiger partial charge in [-0.1, -0.05) is 42.0 Å². The number of amides is 1. The lowest BCUT2D eigenvalue weighted by molar-refractivity contribution is -0.355. The van der Waals surface area contributed by atoms with Crippen molar-refractivity contribution in [1.29, 1.82) is 0 Å². The Bertz CT molecular complexity index is 1240. The molecule has 1 aliphatic carbocycles. The second kappa shape index (κ2) is 7.85. The van der Waals surface area contributed by atoms with Crippen molar-refractivity contribution in [1.82, 2.24) is 0 Å². The highest BCUT2D eigenvalue weighted by Gasteiger charge is 2.29. The summed E-state index contributed by atoms with van der Waals surface area (Å²) in [7, 11) is 0. The van der Waals surface area contributed by atoms with Gasteiger partial charge in [-0.15, -0.1) is 11.3 Å². The van der Waals surface area contributed by atoms with Gasteiger partial charge in [0.1, 0.15) is 4.88 Å². The third kappa shape index (κ3) is 3.30. The summed E-state index contributed by atoms with van der Waals surface area (Å²) in [6.07, 6.45) is 5.73. The highest BCUT2D eigenvalue weighted by Crippen LogP contribution is 2.43. The van der Waals surface area contributed by atoms with Crippen LogP contribution in [-0.4, -0.2) is 5.91 Å². The van der Waals surface area contributed by atoms with E-state index in [0.29, 0.717) is 10.6 Å². The fourth-order valence-corrected chi connectivity index (χ4v) is 6.17. The van der Waals surface area contributed by atoms with Crippen LogP contribution in [0.1, 0.15) is 45.8 Å². The van der Waals surface area contributed by atoms with E-state index in [4.69, 9.17) is 5.73 Å². The summed E-state index contributed by atoms with van der Waals surface area (Å²) in [5.41, 5.74) is 13.0. The zero-order valence-corrected chi connectivity index (χ0v) is 18.5. The number of carbonyl (C=O) groups excluding carboxylic acids is 1. The summed E-state index contributed by atoms with van der Waals surface area (Å²) in [4.78, 5) is 19.6. The maximum atomic E-state index is 13.1. The fourth-order valence-electron chi connectivity index (χ4n) is 4.32. The van der Waals surface area contributed by atoms with Crippen LogP contribution in [0, 0.1) is 6.92 Å². The van der Waals surface area contributed by atoms with E-state index in [1.54, 1.807) is 11.3 Å². The number of pyridine rings is 1. The number of aromatic amines is 1. The molecule has 0 saturated carbocycles. The Morgan fingerprint density at radius 3 is 2.73 bits per heavy atom. The van der Waals surface area contributed by atoms with E-state index in [0.717, 1.165) is 34.3 Å². The number of benzene rings is 1. The third-order valence-corrected chi connectivity index (χ3v) is 7.85. The maximum Gasteiger partial charge on any atom is 0.270 e. The first-order valence-corrected chi connectivity index (χ1v) is 12.0. The molecule has 1 aliphatic rings. The first-order chi connectivity index (χ1) is 14.6. The normalized spacial score (nSPS) is 13.8. The molecule has 0 spiro atoms. The molecule has 5 rings (SSSR count).